The molecular weight excluding hydrogens is 428 g/mol. The maximum absolute atomic E-state index is 12.8. The third kappa shape index (κ3) is 4.73. The van der Waals surface area contributed by atoms with Gasteiger partial charge >= 0.3 is 0 Å². The lowest BCUT2D eigenvalue weighted by Crippen LogP contribution is -2.33. The molecule has 5 rings (SSSR count). The summed E-state index contributed by atoms with van der Waals surface area (Å²) in [7, 11) is 1.65. The number of rotatable bonds is 8. The molecule has 1 fully saturated rings. The number of furan rings is 1. The Bertz CT molecular complexity index is 1250. The van der Waals surface area contributed by atoms with Crippen LogP contribution >= 0.6 is 0 Å². The van der Waals surface area contributed by atoms with E-state index in [-0.39, 0.29) is 5.91 Å². The van der Waals surface area contributed by atoms with Crippen LogP contribution in [0.2, 0.25) is 0 Å². The van der Waals surface area contributed by atoms with Crippen LogP contribution in [-0.4, -0.2) is 47.5 Å². The quantitative estimate of drug-likeness (QED) is 0.375. The Balaban J connectivity index is 1.52. The van der Waals surface area contributed by atoms with Crippen molar-refractivity contribution in [3.8, 4) is 17.1 Å². The Morgan fingerprint density at radius 1 is 1.03 bits per heavy atom. The first-order valence-electron chi connectivity index (χ1n) is 11.7. The van der Waals surface area contributed by atoms with Crippen LogP contribution in [0.4, 0.5) is 5.82 Å². The van der Waals surface area contributed by atoms with E-state index in [2.05, 4.69) is 4.90 Å². The fraction of sp³-hybridized carbons (Fsp3) is 0.296. The van der Waals surface area contributed by atoms with E-state index < -0.39 is 0 Å². The molecule has 1 aliphatic rings. The maximum Gasteiger partial charge on any atom is 0.224 e. The van der Waals surface area contributed by atoms with Crippen LogP contribution in [0.15, 0.2) is 71.3 Å². The van der Waals surface area contributed by atoms with Crippen molar-refractivity contribution in [3.63, 3.8) is 0 Å². The molecule has 4 aromatic rings. The van der Waals surface area contributed by atoms with Crippen LogP contribution in [0.3, 0.4) is 0 Å². The molecule has 1 aliphatic heterocycles. The summed E-state index contributed by atoms with van der Waals surface area (Å²) in [6.07, 6.45) is 4.27. The molecule has 2 aromatic carbocycles. The second kappa shape index (κ2) is 9.95. The largest absolute Gasteiger partial charge is 0.497 e. The van der Waals surface area contributed by atoms with E-state index in [9.17, 15) is 4.79 Å². The molecule has 7 nitrogen and oxygen atoms in total. The van der Waals surface area contributed by atoms with Crippen molar-refractivity contribution in [2.75, 3.05) is 31.6 Å². The first kappa shape index (κ1) is 21.9. The highest BCUT2D eigenvalue weighted by Gasteiger charge is 2.21. The first-order chi connectivity index (χ1) is 16.7. The molecule has 1 saturated heterocycles. The van der Waals surface area contributed by atoms with E-state index >= 15 is 0 Å². The molecule has 0 N–H and O–H groups in total. The summed E-state index contributed by atoms with van der Waals surface area (Å²) in [4.78, 5) is 26.7. The van der Waals surface area contributed by atoms with Crippen LogP contribution in [0, 0.1) is 0 Å². The number of hydrogen-bond donors (Lipinski definition) is 0. The summed E-state index contributed by atoms with van der Waals surface area (Å²) in [6.45, 7) is 2.77. The molecule has 0 unspecified atom stereocenters. The minimum absolute atomic E-state index is 0.190. The SMILES string of the molecule is COc1ccc(-c2nc(N(CCC(=O)N3CCCC3)Cc3ccco3)c3ccccc3n2)cc1. The number of methoxy groups -OCH3 is 1. The van der Waals surface area contributed by atoms with Gasteiger partial charge in [0.25, 0.3) is 0 Å². The second-order valence-corrected chi connectivity index (χ2v) is 8.46. The molecule has 0 radical (unpaired) electrons. The molecule has 34 heavy (non-hydrogen) atoms. The molecule has 0 atom stereocenters. The third-order valence-electron chi connectivity index (χ3n) is 6.21. The van der Waals surface area contributed by atoms with Gasteiger partial charge in [-0.3, -0.25) is 4.79 Å². The molecule has 1 amide bonds. The molecular formula is C27H28N4O3. The number of fused-ring (bicyclic) bond motifs is 1. The number of nitrogens with zero attached hydrogens (tertiary/aromatic N) is 4. The molecule has 0 spiro atoms. The van der Waals surface area contributed by atoms with Gasteiger partial charge in [0.05, 0.1) is 25.4 Å². The topological polar surface area (TPSA) is 71.7 Å². The van der Waals surface area contributed by atoms with Gasteiger partial charge in [-0.1, -0.05) is 12.1 Å². The van der Waals surface area contributed by atoms with Gasteiger partial charge < -0.3 is 19.0 Å². The molecule has 0 bridgehead atoms. The summed E-state index contributed by atoms with van der Waals surface area (Å²) in [6, 6.07) is 19.5. The van der Waals surface area contributed by atoms with Crippen LogP contribution in [0.1, 0.15) is 25.0 Å². The average molecular weight is 457 g/mol. The number of para-hydroxylation sites is 1. The number of ether oxygens (including phenoxy) is 1. The van der Waals surface area contributed by atoms with E-state index in [1.165, 1.54) is 0 Å². The Hall–Kier alpha value is -3.87. The number of likely N-dealkylation sites (tertiary alicyclic amines) is 1. The lowest BCUT2D eigenvalue weighted by molar-refractivity contribution is -0.129. The van der Waals surface area contributed by atoms with Gasteiger partial charge in [-0.2, -0.15) is 0 Å². The van der Waals surface area contributed by atoms with Gasteiger partial charge in [0.15, 0.2) is 5.82 Å². The fourth-order valence-corrected chi connectivity index (χ4v) is 4.38. The minimum atomic E-state index is 0.190. The fourth-order valence-electron chi connectivity index (χ4n) is 4.38. The minimum Gasteiger partial charge on any atom is -0.497 e. The van der Waals surface area contributed by atoms with Gasteiger partial charge in [0.2, 0.25) is 5.91 Å². The number of aromatic nitrogens is 2. The van der Waals surface area contributed by atoms with Crippen molar-refractivity contribution < 1.29 is 13.9 Å². The van der Waals surface area contributed by atoms with Crippen molar-refractivity contribution in [1.82, 2.24) is 14.9 Å². The predicted molar refractivity (Wildman–Crippen MR) is 132 cm³/mol. The van der Waals surface area contributed by atoms with Crippen LogP contribution in [0.25, 0.3) is 22.3 Å². The van der Waals surface area contributed by atoms with Gasteiger partial charge in [0.1, 0.15) is 17.3 Å². The Morgan fingerprint density at radius 2 is 1.82 bits per heavy atom. The van der Waals surface area contributed by atoms with Crippen molar-refractivity contribution in [1.29, 1.82) is 0 Å². The summed E-state index contributed by atoms with van der Waals surface area (Å²) in [5.41, 5.74) is 1.76. The van der Waals surface area contributed by atoms with Gasteiger partial charge in [-0.25, -0.2) is 9.97 Å². The smallest absolute Gasteiger partial charge is 0.224 e. The first-order valence-corrected chi connectivity index (χ1v) is 11.7. The number of amides is 1. The van der Waals surface area contributed by atoms with Crippen LogP contribution in [0.5, 0.6) is 5.75 Å². The number of benzene rings is 2. The zero-order valence-electron chi connectivity index (χ0n) is 19.3. The second-order valence-electron chi connectivity index (χ2n) is 8.46. The van der Waals surface area contributed by atoms with E-state index in [4.69, 9.17) is 19.1 Å². The summed E-state index contributed by atoms with van der Waals surface area (Å²) in [5, 5.41) is 0.944. The Labute approximate surface area is 199 Å². The number of carbonyl (C=O) groups excluding carboxylic acids is 1. The normalized spacial score (nSPS) is 13.4. The lowest BCUT2D eigenvalue weighted by Gasteiger charge is -2.25. The highest BCUT2D eigenvalue weighted by atomic mass is 16.5. The summed E-state index contributed by atoms with van der Waals surface area (Å²) >= 11 is 0. The van der Waals surface area contributed by atoms with Crippen LogP contribution < -0.4 is 9.64 Å². The van der Waals surface area contributed by atoms with Gasteiger partial charge in [0, 0.05) is 37.0 Å². The Morgan fingerprint density at radius 3 is 2.56 bits per heavy atom. The molecule has 3 heterocycles. The average Bonchev–Trinajstić information content (AvgIpc) is 3.61. The monoisotopic (exact) mass is 456 g/mol. The zero-order chi connectivity index (χ0) is 23.3. The lowest BCUT2D eigenvalue weighted by atomic mass is 10.1. The molecule has 0 aliphatic carbocycles. The van der Waals surface area contributed by atoms with E-state index in [1.54, 1.807) is 13.4 Å². The molecule has 174 valence electrons. The Kier molecular flexibility index (Phi) is 6.42. The summed E-state index contributed by atoms with van der Waals surface area (Å²) < 4.78 is 10.9. The van der Waals surface area contributed by atoms with Gasteiger partial charge in [-0.15, -0.1) is 0 Å². The van der Waals surface area contributed by atoms with Crippen LogP contribution in [-0.2, 0) is 11.3 Å². The highest BCUT2D eigenvalue weighted by molar-refractivity contribution is 5.91. The predicted octanol–water partition coefficient (Wildman–Crippen LogP) is 4.92. The standard InChI is InChI=1S/C27H28N4O3/c1-33-21-12-10-20(11-13-21)26-28-24-9-3-2-8-23(24)27(29-26)31(19-22-7-6-18-34-22)17-14-25(32)30-15-4-5-16-30/h2-3,6-13,18H,4-5,14-17,19H2,1H3. The van der Waals surface area contributed by atoms with E-state index in [1.807, 2.05) is 65.6 Å². The van der Waals surface area contributed by atoms with Crippen molar-refractivity contribution in [3.05, 3.63) is 72.7 Å². The van der Waals surface area contributed by atoms with Gasteiger partial charge in [-0.05, 0) is 61.4 Å². The maximum atomic E-state index is 12.8. The highest BCUT2D eigenvalue weighted by Crippen LogP contribution is 2.30. The van der Waals surface area contributed by atoms with E-state index in [0.29, 0.717) is 25.3 Å². The van der Waals surface area contributed by atoms with Crippen molar-refractivity contribution in [2.45, 2.75) is 25.8 Å². The van der Waals surface area contributed by atoms with E-state index in [0.717, 1.165) is 59.7 Å². The summed E-state index contributed by atoms with van der Waals surface area (Å²) in [5.74, 6) is 3.22. The third-order valence-corrected chi connectivity index (χ3v) is 6.21. The molecule has 2 aromatic heterocycles. The zero-order valence-corrected chi connectivity index (χ0v) is 19.3. The number of anilines is 1. The van der Waals surface area contributed by atoms with Crippen molar-refractivity contribution in [2.24, 2.45) is 0 Å². The molecule has 7 heteroatoms. The number of hydrogen-bond acceptors (Lipinski definition) is 6. The van der Waals surface area contributed by atoms with Crippen molar-refractivity contribution >= 4 is 22.6 Å². The molecule has 0 saturated carbocycles. The number of carbonyl (C=O) groups is 1.